The van der Waals surface area contributed by atoms with E-state index in [1.54, 1.807) is 12.4 Å². The van der Waals surface area contributed by atoms with Crippen LogP contribution in [-0.2, 0) is 17.6 Å². The van der Waals surface area contributed by atoms with Gasteiger partial charge in [-0.3, -0.25) is 9.78 Å². The first-order chi connectivity index (χ1) is 10.1. The zero-order valence-electron chi connectivity index (χ0n) is 11.3. The van der Waals surface area contributed by atoms with Crippen molar-refractivity contribution in [2.75, 3.05) is 6.54 Å². The van der Waals surface area contributed by atoms with Gasteiger partial charge in [0.15, 0.2) is 5.69 Å². The molecule has 0 atom stereocenters. The number of aromatic carboxylic acids is 1. The first-order valence-corrected chi connectivity index (χ1v) is 7.36. The molecule has 2 N–H and O–H groups in total. The van der Waals surface area contributed by atoms with Gasteiger partial charge in [-0.2, -0.15) is 0 Å². The lowest BCUT2D eigenvalue weighted by molar-refractivity contribution is -0.121. The number of hydrogen-bond donors (Lipinski definition) is 2. The summed E-state index contributed by atoms with van der Waals surface area (Å²) < 4.78 is 0. The predicted molar refractivity (Wildman–Crippen MR) is 78.3 cm³/mol. The van der Waals surface area contributed by atoms with E-state index in [-0.39, 0.29) is 11.6 Å². The van der Waals surface area contributed by atoms with Crippen LogP contribution in [0.5, 0.6) is 0 Å². The van der Waals surface area contributed by atoms with Crippen molar-refractivity contribution >= 4 is 23.2 Å². The highest BCUT2D eigenvalue weighted by Gasteiger charge is 2.08. The van der Waals surface area contributed by atoms with Crippen LogP contribution in [0, 0.1) is 0 Å². The molecule has 110 valence electrons. The fraction of sp³-hybridized carbons (Fsp3) is 0.286. The fourth-order valence-electron chi connectivity index (χ4n) is 1.73. The molecule has 0 unspecified atom stereocenters. The fourth-order valence-corrected chi connectivity index (χ4v) is 2.50. The van der Waals surface area contributed by atoms with Crippen LogP contribution >= 0.6 is 11.3 Å². The highest BCUT2D eigenvalue weighted by molar-refractivity contribution is 7.09. The van der Waals surface area contributed by atoms with Gasteiger partial charge < -0.3 is 10.4 Å². The van der Waals surface area contributed by atoms with Crippen molar-refractivity contribution in [3.05, 3.63) is 46.2 Å². The number of aromatic nitrogens is 2. The van der Waals surface area contributed by atoms with E-state index in [1.165, 1.54) is 16.7 Å². The van der Waals surface area contributed by atoms with Crippen LogP contribution < -0.4 is 5.32 Å². The van der Waals surface area contributed by atoms with Crippen LogP contribution in [-0.4, -0.2) is 33.5 Å². The third-order valence-corrected chi connectivity index (χ3v) is 3.73. The summed E-state index contributed by atoms with van der Waals surface area (Å²) in [6.07, 6.45) is 5.04. The summed E-state index contributed by atoms with van der Waals surface area (Å²) in [7, 11) is 0. The second-order valence-corrected chi connectivity index (χ2v) is 5.33. The zero-order chi connectivity index (χ0) is 15.1. The number of aryl methyl sites for hydroxylation is 1. The van der Waals surface area contributed by atoms with Gasteiger partial charge in [0.05, 0.1) is 5.01 Å². The summed E-state index contributed by atoms with van der Waals surface area (Å²) in [5.74, 6) is -1.05. The van der Waals surface area contributed by atoms with E-state index >= 15 is 0 Å². The van der Waals surface area contributed by atoms with Crippen molar-refractivity contribution in [3.63, 3.8) is 0 Å². The van der Waals surface area contributed by atoms with Crippen molar-refractivity contribution in [1.29, 1.82) is 0 Å². The summed E-state index contributed by atoms with van der Waals surface area (Å²) in [4.78, 5) is 30.3. The number of carbonyl (C=O) groups is 2. The van der Waals surface area contributed by atoms with Gasteiger partial charge in [0.1, 0.15) is 0 Å². The first-order valence-electron chi connectivity index (χ1n) is 6.48. The molecule has 0 fully saturated rings. The monoisotopic (exact) mass is 305 g/mol. The quantitative estimate of drug-likeness (QED) is 0.809. The molecule has 7 heteroatoms. The van der Waals surface area contributed by atoms with Gasteiger partial charge in [0.25, 0.3) is 0 Å². The molecule has 2 aromatic heterocycles. The van der Waals surface area contributed by atoms with Crippen LogP contribution in [0.2, 0.25) is 0 Å². The van der Waals surface area contributed by atoms with Crippen molar-refractivity contribution in [2.45, 2.75) is 19.3 Å². The molecule has 1 amide bonds. The van der Waals surface area contributed by atoms with E-state index in [0.29, 0.717) is 30.8 Å². The van der Waals surface area contributed by atoms with Gasteiger partial charge in [-0.25, -0.2) is 9.78 Å². The molecule has 0 bridgehead atoms. The maximum absolute atomic E-state index is 11.7. The summed E-state index contributed by atoms with van der Waals surface area (Å²) in [5, 5.41) is 13.8. The number of nitrogens with one attached hydrogen (secondary N) is 1. The Bertz CT molecular complexity index is 613. The molecule has 0 aliphatic carbocycles. The lowest BCUT2D eigenvalue weighted by atomic mass is 10.1. The number of rotatable bonds is 7. The third-order valence-electron chi connectivity index (χ3n) is 2.82. The van der Waals surface area contributed by atoms with Crippen LogP contribution in [0.1, 0.15) is 27.5 Å². The highest BCUT2D eigenvalue weighted by Crippen LogP contribution is 2.10. The number of carbonyl (C=O) groups excluding carboxylic acids is 1. The Kier molecular flexibility index (Phi) is 5.39. The smallest absolute Gasteiger partial charge is 0.355 e. The average molecular weight is 305 g/mol. The Hall–Kier alpha value is -2.28. The second-order valence-electron chi connectivity index (χ2n) is 4.39. The molecule has 0 aromatic carbocycles. The van der Waals surface area contributed by atoms with E-state index in [2.05, 4.69) is 15.3 Å². The predicted octanol–water partition coefficient (Wildman–Crippen LogP) is 1.53. The van der Waals surface area contributed by atoms with Crippen molar-refractivity contribution in [1.82, 2.24) is 15.3 Å². The van der Waals surface area contributed by atoms with Gasteiger partial charge in [0, 0.05) is 37.2 Å². The Labute approximate surface area is 125 Å². The molecule has 21 heavy (non-hydrogen) atoms. The molecule has 0 saturated carbocycles. The Morgan fingerprint density at radius 1 is 1.24 bits per heavy atom. The van der Waals surface area contributed by atoms with Crippen LogP contribution in [0.15, 0.2) is 29.9 Å². The summed E-state index contributed by atoms with van der Waals surface area (Å²) >= 11 is 1.29. The van der Waals surface area contributed by atoms with Gasteiger partial charge in [-0.1, -0.05) is 0 Å². The van der Waals surface area contributed by atoms with E-state index in [1.807, 2.05) is 12.1 Å². The number of hydrogen-bond acceptors (Lipinski definition) is 5. The van der Waals surface area contributed by atoms with E-state index in [9.17, 15) is 9.59 Å². The molecular weight excluding hydrogens is 290 g/mol. The molecule has 2 aromatic rings. The highest BCUT2D eigenvalue weighted by atomic mass is 32.1. The third kappa shape index (κ3) is 4.96. The number of carboxylic acids is 1. The normalized spacial score (nSPS) is 10.3. The topological polar surface area (TPSA) is 92.2 Å². The molecule has 0 aliphatic heterocycles. The molecule has 0 aliphatic rings. The van der Waals surface area contributed by atoms with Gasteiger partial charge in [-0.15, -0.1) is 11.3 Å². The number of carboxylic acid groups (broad SMARTS) is 1. The maximum Gasteiger partial charge on any atom is 0.355 e. The summed E-state index contributed by atoms with van der Waals surface area (Å²) in [5.41, 5.74) is 1.13. The molecule has 0 spiro atoms. The van der Waals surface area contributed by atoms with Gasteiger partial charge in [0.2, 0.25) is 5.91 Å². The number of pyridine rings is 1. The molecule has 6 nitrogen and oxygen atoms in total. The SMILES string of the molecule is O=C(CCc1ccncc1)NCCc1nc(C(=O)O)cs1. The minimum atomic E-state index is -1.03. The van der Waals surface area contributed by atoms with Crippen molar-refractivity contribution in [3.8, 4) is 0 Å². The molecular formula is C14H15N3O3S. The van der Waals surface area contributed by atoms with E-state index < -0.39 is 5.97 Å². The molecule has 2 heterocycles. The summed E-state index contributed by atoms with van der Waals surface area (Å²) in [6.45, 7) is 0.460. The molecule has 0 saturated heterocycles. The standard InChI is InChI=1S/C14H15N3O3S/c18-12(2-1-10-3-6-15-7-4-10)16-8-5-13-17-11(9-21-13)14(19)20/h3-4,6-7,9H,1-2,5,8H2,(H,16,18)(H,19,20). The number of nitrogens with zero attached hydrogens (tertiary/aromatic N) is 2. The van der Waals surface area contributed by atoms with Gasteiger partial charge in [-0.05, 0) is 24.1 Å². The van der Waals surface area contributed by atoms with Crippen molar-refractivity contribution < 1.29 is 14.7 Å². The number of thiazole rings is 1. The Balaban J connectivity index is 1.68. The second kappa shape index (κ2) is 7.49. The molecule has 0 radical (unpaired) electrons. The van der Waals surface area contributed by atoms with E-state index in [0.717, 1.165) is 5.56 Å². The van der Waals surface area contributed by atoms with Crippen LogP contribution in [0.4, 0.5) is 0 Å². The zero-order valence-corrected chi connectivity index (χ0v) is 12.1. The van der Waals surface area contributed by atoms with Crippen LogP contribution in [0.25, 0.3) is 0 Å². The van der Waals surface area contributed by atoms with Gasteiger partial charge >= 0.3 is 5.97 Å². The number of amides is 1. The largest absolute Gasteiger partial charge is 0.476 e. The summed E-state index contributed by atoms with van der Waals surface area (Å²) in [6, 6.07) is 3.77. The first kappa shape index (κ1) is 15.1. The van der Waals surface area contributed by atoms with Crippen LogP contribution in [0.3, 0.4) is 0 Å². The lowest BCUT2D eigenvalue weighted by Crippen LogP contribution is -2.25. The van der Waals surface area contributed by atoms with E-state index in [4.69, 9.17) is 5.11 Å². The Morgan fingerprint density at radius 3 is 2.67 bits per heavy atom. The minimum absolute atomic E-state index is 0.0261. The molecule has 2 rings (SSSR count). The lowest BCUT2D eigenvalue weighted by Gasteiger charge is -2.04. The minimum Gasteiger partial charge on any atom is -0.476 e. The Morgan fingerprint density at radius 2 is 2.00 bits per heavy atom. The van der Waals surface area contributed by atoms with Crippen molar-refractivity contribution in [2.24, 2.45) is 0 Å². The maximum atomic E-state index is 11.7. The average Bonchev–Trinajstić information content (AvgIpc) is 2.95.